The van der Waals surface area contributed by atoms with E-state index in [9.17, 15) is 14.4 Å². The molecule has 170 valence electrons. The number of nitrogens with zero attached hydrogens (tertiary/aromatic N) is 1. The lowest BCUT2D eigenvalue weighted by Crippen LogP contribution is -2.43. The molecule has 1 aliphatic rings. The first kappa shape index (κ1) is 23.5. The molecule has 0 radical (unpaired) electrons. The average molecular weight is 437 g/mol. The van der Waals surface area contributed by atoms with Crippen LogP contribution >= 0.6 is 0 Å². The number of carbonyl (C=O) groups excluding carboxylic acids is 3. The first-order chi connectivity index (χ1) is 15.5. The van der Waals surface area contributed by atoms with Crippen molar-refractivity contribution < 1.29 is 19.1 Å². The molecule has 0 spiro atoms. The number of likely N-dealkylation sites (tertiary alicyclic amines) is 1. The molecule has 2 atom stereocenters. The number of anilines is 1. The molecule has 2 aromatic carbocycles. The molecule has 0 bridgehead atoms. The van der Waals surface area contributed by atoms with Crippen LogP contribution in [0.2, 0.25) is 0 Å². The Hall–Kier alpha value is -3.15. The van der Waals surface area contributed by atoms with Crippen LogP contribution in [0.1, 0.15) is 44.6 Å². The number of nitrogens with one attached hydrogen (secondary N) is 1. The van der Waals surface area contributed by atoms with E-state index in [2.05, 4.69) is 5.32 Å². The molecule has 1 N–H and O–H groups in total. The van der Waals surface area contributed by atoms with Gasteiger partial charge in [-0.05, 0) is 36.5 Å². The van der Waals surface area contributed by atoms with Crippen molar-refractivity contribution >= 4 is 23.5 Å². The van der Waals surface area contributed by atoms with Gasteiger partial charge in [-0.3, -0.25) is 14.4 Å². The average Bonchev–Trinajstić information content (AvgIpc) is 2.84. The minimum Gasteiger partial charge on any atom is -0.455 e. The summed E-state index contributed by atoms with van der Waals surface area (Å²) in [5, 5.41) is 2.93. The Kier molecular flexibility index (Phi) is 8.42. The van der Waals surface area contributed by atoms with Crippen LogP contribution < -0.4 is 5.32 Å². The summed E-state index contributed by atoms with van der Waals surface area (Å²) in [7, 11) is 0. The summed E-state index contributed by atoms with van der Waals surface area (Å²) < 4.78 is 5.44. The molecule has 3 rings (SSSR count). The predicted molar refractivity (Wildman–Crippen MR) is 124 cm³/mol. The molecule has 6 nitrogen and oxygen atoms in total. The number of benzene rings is 2. The van der Waals surface area contributed by atoms with Crippen LogP contribution in [0.4, 0.5) is 5.69 Å². The maximum absolute atomic E-state index is 12.8. The van der Waals surface area contributed by atoms with E-state index in [0.29, 0.717) is 25.9 Å². The topological polar surface area (TPSA) is 75.7 Å². The van der Waals surface area contributed by atoms with Gasteiger partial charge in [0.2, 0.25) is 5.91 Å². The van der Waals surface area contributed by atoms with Crippen molar-refractivity contribution in [2.45, 2.75) is 39.0 Å². The fourth-order valence-electron chi connectivity index (χ4n) is 4.06. The summed E-state index contributed by atoms with van der Waals surface area (Å²) in [6.07, 6.45) is 2.02. The molecular weight excluding hydrogens is 404 g/mol. The van der Waals surface area contributed by atoms with Crippen LogP contribution in [0, 0.1) is 11.8 Å². The largest absolute Gasteiger partial charge is 0.455 e. The minimum atomic E-state index is -0.388. The van der Waals surface area contributed by atoms with Crippen LogP contribution in [0.25, 0.3) is 0 Å². The van der Waals surface area contributed by atoms with E-state index in [1.807, 2.05) is 74.5 Å². The van der Waals surface area contributed by atoms with Crippen molar-refractivity contribution in [3.63, 3.8) is 0 Å². The Bertz CT molecular complexity index is 893. The Labute approximate surface area is 189 Å². The number of carbonyl (C=O) groups is 3. The number of hydrogen-bond donors (Lipinski definition) is 1. The maximum atomic E-state index is 12.8. The Morgan fingerprint density at radius 1 is 1.00 bits per heavy atom. The fraction of sp³-hybridized carbons (Fsp3) is 0.423. The number of amides is 2. The van der Waals surface area contributed by atoms with E-state index in [4.69, 9.17) is 4.74 Å². The van der Waals surface area contributed by atoms with Gasteiger partial charge in [-0.25, -0.2) is 0 Å². The zero-order chi connectivity index (χ0) is 22.9. The van der Waals surface area contributed by atoms with E-state index in [-0.39, 0.29) is 42.1 Å². The number of hydrogen-bond acceptors (Lipinski definition) is 4. The highest BCUT2D eigenvalue weighted by Gasteiger charge is 2.30. The predicted octanol–water partition coefficient (Wildman–Crippen LogP) is 4.24. The second kappa shape index (κ2) is 11.5. The number of ether oxygens (including phenoxy) is 1. The van der Waals surface area contributed by atoms with Crippen molar-refractivity contribution in [2.24, 2.45) is 11.8 Å². The van der Waals surface area contributed by atoms with Gasteiger partial charge in [0.15, 0.2) is 6.61 Å². The molecule has 1 aliphatic heterocycles. The zero-order valence-electron chi connectivity index (χ0n) is 18.8. The van der Waals surface area contributed by atoms with Crippen LogP contribution in [0.5, 0.6) is 0 Å². The summed E-state index contributed by atoms with van der Waals surface area (Å²) in [5.74, 6) is -1.00. The Morgan fingerprint density at radius 3 is 2.19 bits per heavy atom. The van der Waals surface area contributed by atoms with Crippen molar-refractivity contribution in [3.05, 3.63) is 66.2 Å². The first-order valence-electron chi connectivity index (χ1n) is 11.3. The number of rotatable bonds is 8. The molecule has 2 unspecified atom stereocenters. The first-order valence-corrected chi connectivity index (χ1v) is 11.3. The molecule has 1 saturated heterocycles. The van der Waals surface area contributed by atoms with Gasteiger partial charge >= 0.3 is 5.97 Å². The van der Waals surface area contributed by atoms with Crippen LogP contribution in [-0.2, 0) is 19.1 Å². The summed E-state index contributed by atoms with van der Waals surface area (Å²) in [4.78, 5) is 39.6. The fourth-order valence-corrected chi connectivity index (χ4v) is 4.06. The van der Waals surface area contributed by atoms with Crippen LogP contribution in [0.15, 0.2) is 60.7 Å². The second-order valence-corrected chi connectivity index (χ2v) is 8.39. The molecule has 2 aromatic rings. The summed E-state index contributed by atoms with van der Waals surface area (Å²) in [6, 6.07) is 18.9. The molecule has 1 heterocycles. The van der Waals surface area contributed by atoms with Gasteiger partial charge in [-0.2, -0.15) is 0 Å². The molecule has 0 aromatic heterocycles. The SMILES string of the molecule is CCC(C)C(C(=O)OCC(=O)N1CCC(C(=O)Nc2ccccc2)CC1)c1ccccc1. The molecule has 32 heavy (non-hydrogen) atoms. The summed E-state index contributed by atoms with van der Waals surface area (Å²) in [5.41, 5.74) is 1.68. The normalized spacial score (nSPS) is 16.1. The van der Waals surface area contributed by atoms with E-state index < -0.39 is 0 Å². The Morgan fingerprint density at radius 2 is 1.59 bits per heavy atom. The van der Waals surface area contributed by atoms with Crippen molar-refractivity contribution in [1.29, 1.82) is 0 Å². The molecule has 0 aliphatic carbocycles. The number of para-hydroxylation sites is 1. The van der Waals surface area contributed by atoms with Crippen LogP contribution in [-0.4, -0.2) is 42.4 Å². The standard InChI is InChI=1S/C26H32N2O4/c1-3-19(2)24(20-10-6-4-7-11-20)26(31)32-18-23(29)28-16-14-21(15-17-28)25(30)27-22-12-8-5-9-13-22/h4-13,19,21,24H,3,14-18H2,1-2H3,(H,27,30). The van der Waals surface area contributed by atoms with Gasteiger partial charge in [0.05, 0.1) is 5.92 Å². The lowest BCUT2D eigenvalue weighted by molar-refractivity contribution is -0.155. The molecule has 6 heteroatoms. The minimum absolute atomic E-state index is 0.0195. The van der Waals surface area contributed by atoms with E-state index in [1.165, 1.54) is 0 Å². The lowest BCUT2D eigenvalue weighted by Gasteiger charge is -2.31. The molecular formula is C26H32N2O4. The lowest BCUT2D eigenvalue weighted by atomic mass is 9.86. The van der Waals surface area contributed by atoms with Gasteiger partial charge < -0.3 is 15.0 Å². The smallest absolute Gasteiger partial charge is 0.314 e. The third kappa shape index (κ3) is 6.19. The van der Waals surface area contributed by atoms with Gasteiger partial charge in [-0.1, -0.05) is 68.8 Å². The highest BCUT2D eigenvalue weighted by molar-refractivity contribution is 5.92. The quantitative estimate of drug-likeness (QED) is 0.628. The summed E-state index contributed by atoms with van der Waals surface area (Å²) in [6.45, 7) is 4.76. The van der Waals surface area contributed by atoms with Gasteiger partial charge in [0.1, 0.15) is 0 Å². The highest BCUT2D eigenvalue weighted by atomic mass is 16.5. The van der Waals surface area contributed by atoms with E-state index in [0.717, 1.165) is 17.7 Å². The van der Waals surface area contributed by atoms with Gasteiger partial charge in [-0.15, -0.1) is 0 Å². The van der Waals surface area contributed by atoms with Crippen molar-refractivity contribution in [3.8, 4) is 0 Å². The number of piperidine rings is 1. The molecule has 2 amide bonds. The van der Waals surface area contributed by atoms with Crippen LogP contribution in [0.3, 0.4) is 0 Å². The maximum Gasteiger partial charge on any atom is 0.314 e. The van der Waals surface area contributed by atoms with Gasteiger partial charge in [0, 0.05) is 24.7 Å². The zero-order valence-corrected chi connectivity index (χ0v) is 18.8. The molecule has 1 fully saturated rings. The summed E-state index contributed by atoms with van der Waals surface area (Å²) >= 11 is 0. The Balaban J connectivity index is 1.48. The third-order valence-corrected chi connectivity index (χ3v) is 6.22. The van der Waals surface area contributed by atoms with E-state index in [1.54, 1.807) is 4.90 Å². The number of esters is 1. The van der Waals surface area contributed by atoms with E-state index >= 15 is 0 Å². The van der Waals surface area contributed by atoms with Crippen molar-refractivity contribution in [1.82, 2.24) is 4.90 Å². The monoisotopic (exact) mass is 436 g/mol. The third-order valence-electron chi connectivity index (χ3n) is 6.22. The highest BCUT2D eigenvalue weighted by Crippen LogP contribution is 2.28. The molecule has 0 saturated carbocycles. The van der Waals surface area contributed by atoms with Gasteiger partial charge in [0.25, 0.3) is 5.91 Å². The second-order valence-electron chi connectivity index (χ2n) is 8.39. The van der Waals surface area contributed by atoms with Crippen molar-refractivity contribution in [2.75, 3.05) is 25.0 Å².